The molecule has 0 bridgehead atoms. The van der Waals surface area contributed by atoms with Crippen molar-refractivity contribution in [1.29, 1.82) is 0 Å². The van der Waals surface area contributed by atoms with E-state index in [4.69, 9.17) is 0 Å². The number of rotatable bonds is 2. The van der Waals surface area contributed by atoms with Gasteiger partial charge in [0.2, 0.25) is 0 Å². The van der Waals surface area contributed by atoms with E-state index in [9.17, 15) is 5.11 Å². The zero-order chi connectivity index (χ0) is 9.15. The molecular formula is C8H14N4O. The molecule has 1 fully saturated rings. The summed E-state index contributed by atoms with van der Waals surface area (Å²) in [5.74, 6) is 0. The molecule has 2 heterocycles. The summed E-state index contributed by atoms with van der Waals surface area (Å²) in [7, 11) is 0. The Morgan fingerprint density at radius 1 is 1.46 bits per heavy atom. The van der Waals surface area contributed by atoms with Gasteiger partial charge in [-0.15, -0.1) is 0 Å². The number of hydrogen-bond acceptors (Lipinski definition) is 4. The van der Waals surface area contributed by atoms with Crippen LogP contribution in [0.3, 0.4) is 0 Å². The highest BCUT2D eigenvalue weighted by atomic mass is 16.3. The average Bonchev–Trinajstić information content (AvgIpc) is 2.72. The van der Waals surface area contributed by atoms with E-state index in [2.05, 4.69) is 15.4 Å². The van der Waals surface area contributed by atoms with Gasteiger partial charge >= 0.3 is 0 Å². The van der Waals surface area contributed by atoms with Crippen molar-refractivity contribution in [3.8, 4) is 0 Å². The minimum atomic E-state index is -0.220. The summed E-state index contributed by atoms with van der Waals surface area (Å²) in [5, 5.41) is 16.8. The van der Waals surface area contributed by atoms with Gasteiger partial charge in [0.1, 0.15) is 12.7 Å². The minimum Gasteiger partial charge on any atom is -0.394 e. The molecule has 0 atom stereocenters. The molecule has 5 heteroatoms. The van der Waals surface area contributed by atoms with Crippen LogP contribution in [0.1, 0.15) is 12.8 Å². The maximum atomic E-state index is 9.40. The van der Waals surface area contributed by atoms with Crippen molar-refractivity contribution in [3.63, 3.8) is 0 Å². The summed E-state index contributed by atoms with van der Waals surface area (Å²) in [5.41, 5.74) is -0.220. The number of piperidine rings is 1. The highest BCUT2D eigenvalue weighted by Crippen LogP contribution is 2.25. The van der Waals surface area contributed by atoms with Crippen LogP contribution < -0.4 is 5.32 Å². The van der Waals surface area contributed by atoms with Crippen LogP contribution in [0, 0.1) is 0 Å². The zero-order valence-corrected chi connectivity index (χ0v) is 7.48. The smallest absolute Gasteiger partial charge is 0.137 e. The third kappa shape index (κ3) is 1.45. The molecule has 0 aliphatic carbocycles. The second-order valence-electron chi connectivity index (χ2n) is 3.47. The van der Waals surface area contributed by atoms with Gasteiger partial charge in [0.15, 0.2) is 0 Å². The lowest BCUT2D eigenvalue weighted by Crippen LogP contribution is -2.47. The van der Waals surface area contributed by atoms with Crippen molar-refractivity contribution in [1.82, 2.24) is 20.1 Å². The first kappa shape index (κ1) is 8.65. The standard InChI is InChI=1S/C8H14N4O/c13-5-8(1-3-9-4-2-8)12-7-10-6-11-12/h6-7,9,13H,1-5H2. The number of aliphatic hydroxyl groups excluding tert-OH is 1. The number of hydrogen-bond donors (Lipinski definition) is 2. The molecule has 5 nitrogen and oxygen atoms in total. The Morgan fingerprint density at radius 3 is 2.77 bits per heavy atom. The Bertz CT molecular complexity index is 253. The van der Waals surface area contributed by atoms with E-state index in [1.165, 1.54) is 6.33 Å². The fraction of sp³-hybridized carbons (Fsp3) is 0.750. The van der Waals surface area contributed by atoms with E-state index in [-0.39, 0.29) is 12.1 Å². The third-order valence-electron chi connectivity index (χ3n) is 2.73. The van der Waals surface area contributed by atoms with Gasteiger partial charge in [0.05, 0.1) is 12.1 Å². The normalized spacial score (nSPS) is 21.6. The van der Waals surface area contributed by atoms with E-state index < -0.39 is 0 Å². The first-order valence-electron chi connectivity index (χ1n) is 4.54. The third-order valence-corrected chi connectivity index (χ3v) is 2.73. The maximum Gasteiger partial charge on any atom is 0.137 e. The molecule has 0 saturated carbocycles. The monoisotopic (exact) mass is 182 g/mol. The molecule has 13 heavy (non-hydrogen) atoms. The molecule has 1 aromatic heterocycles. The highest BCUT2D eigenvalue weighted by molar-refractivity contribution is 4.89. The molecule has 0 amide bonds. The Labute approximate surface area is 76.8 Å². The fourth-order valence-corrected chi connectivity index (χ4v) is 1.80. The second kappa shape index (κ2) is 3.43. The fourth-order valence-electron chi connectivity index (χ4n) is 1.80. The van der Waals surface area contributed by atoms with Crippen molar-refractivity contribution < 1.29 is 5.11 Å². The first-order valence-corrected chi connectivity index (χ1v) is 4.54. The first-order chi connectivity index (χ1) is 6.37. The minimum absolute atomic E-state index is 0.137. The van der Waals surface area contributed by atoms with Crippen LogP contribution in [-0.2, 0) is 5.54 Å². The van der Waals surface area contributed by atoms with E-state index in [1.807, 2.05) is 0 Å². The summed E-state index contributed by atoms with van der Waals surface area (Å²) in [6.07, 6.45) is 5.01. The zero-order valence-electron chi connectivity index (χ0n) is 7.48. The summed E-state index contributed by atoms with van der Waals surface area (Å²) < 4.78 is 1.79. The van der Waals surface area contributed by atoms with Crippen molar-refractivity contribution in [3.05, 3.63) is 12.7 Å². The second-order valence-corrected chi connectivity index (χ2v) is 3.47. The van der Waals surface area contributed by atoms with Gasteiger partial charge in [0.25, 0.3) is 0 Å². The molecule has 0 spiro atoms. The molecule has 1 aromatic rings. The Kier molecular flexibility index (Phi) is 2.28. The van der Waals surface area contributed by atoms with Gasteiger partial charge in [-0.1, -0.05) is 0 Å². The Hall–Kier alpha value is -0.940. The summed E-state index contributed by atoms with van der Waals surface area (Å²) >= 11 is 0. The molecular weight excluding hydrogens is 168 g/mol. The molecule has 1 aliphatic rings. The number of nitrogens with zero attached hydrogens (tertiary/aromatic N) is 3. The molecule has 0 aromatic carbocycles. The SMILES string of the molecule is OCC1(n2cncn2)CCNCC1. The lowest BCUT2D eigenvalue weighted by atomic mass is 9.89. The molecule has 72 valence electrons. The lowest BCUT2D eigenvalue weighted by Gasteiger charge is -2.35. The molecule has 2 N–H and O–H groups in total. The lowest BCUT2D eigenvalue weighted by molar-refractivity contribution is 0.0852. The number of aromatic nitrogens is 3. The van der Waals surface area contributed by atoms with Crippen LogP contribution >= 0.6 is 0 Å². The van der Waals surface area contributed by atoms with Crippen LogP contribution in [0.5, 0.6) is 0 Å². The summed E-state index contributed by atoms with van der Waals surface area (Å²) in [6.45, 7) is 2.00. The van der Waals surface area contributed by atoms with E-state index in [1.54, 1.807) is 11.0 Å². The van der Waals surface area contributed by atoms with Crippen LogP contribution in [0.15, 0.2) is 12.7 Å². The highest BCUT2D eigenvalue weighted by Gasteiger charge is 2.33. The van der Waals surface area contributed by atoms with Gasteiger partial charge in [0, 0.05) is 0 Å². The number of nitrogens with one attached hydrogen (secondary N) is 1. The van der Waals surface area contributed by atoms with Crippen molar-refractivity contribution in [2.45, 2.75) is 18.4 Å². The van der Waals surface area contributed by atoms with Gasteiger partial charge in [-0.3, -0.25) is 0 Å². The Morgan fingerprint density at radius 2 is 2.23 bits per heavy atom. The van der Waals surface area contributed by atoms with E-state index in [0.717, 1.165) is 25.9 Å². The van der Waals surface area contributed by atoms with Crippen molar-refractivity contribution in [2.75, 3.05) is 19.7 Å². The number of aliphatic hydroxyl groups is 1. The van der Waals surface area contributed by atoms with Gasteiger partial charge in [-0.2, -0.15) is 5.10 Å². The molecule has 0 radical (unpaired) electrons. The predicted molar refractivity (Wildman–Crippen MR) is 47.2 cm³/mol. The van der Waals surface area contributed by atoms with E-state index >= 15 is 0 Å². The van der Waals surface area contributed by atoms with Gasteiger partial charge < -0.3 is 10.4 Å². The van der Waals surface area contributed by atoms with Gasteiger partial charge in [-0.25, -0.2) is 9.67 Å². The van der Waals surface area contributed by atoms with Crippen LogP contribution in [0.2, 0.25) is 0 Å². The van der Waals surface area contributed by atoms with Crippen molar-refractivity contribution in [2.24, 2.45) is 0 Å². The Balaban J connectivity index is 2.23. The molecule has 1 aliphatic heterocycles. The van der Waals surface area contributed by atoms with Crippen LogP contribution in [0.25, 0.3) is 0 Å². The van der Waals surface area contributed by atoms with Crippen LogP contribution in [-0.4, -0.2) is 39.6 Å². The average molecular weight is 182 g/mol. The molecule has 0 unspecified atom stereocenters. The van der Waals surface area contributed by atoms with E-state index in [0.29, 0.717) is 0 Å². The predicted octanol–water partition coefficient (Wildman–Crippen LogP) is -0.651. The maximum absolute atomic E-state index is 9.40. The summed E-state index contributed by atoms with van der Waals surface area (Å²) in [4.78, 5) is 3.91. The largest absolute Gasteiger partial charge is 0.394 e. The molecule has 1 saturated heterocycles. The summed E-state index contributed by atoms with van der Waals surface area (Å²) in [6, 6.07) is 0. The molecule has 2 rings (SSSR count). The van der Waals surface area contributed by atoms with Crippen molar-refractivity contribution >= 4 is 0 Å². The quantitative estimate of drug-likeness (QED) is 0.638. The van der Waals surface area contributed by atoms with Gasteiger partial charge in [-0.05, 0) is 25.9 Å². The topological polar surface area (TPSA) is 63.0 Å². The van der Waals surface area contributed by atoms with Crippen LogP contribution in [0.4, 0.5) is 0 Å².